The second-order valence-electron chi connectivity index (χ2n) is 5.55. The lowest BCUT2D eigenvalue weighted by Crippen LogP contribution is -2.50. The van der Waals surface area contributed by atoms with E-state index in [-0.39, 0.29) is 11.6 Å². The molecule has 1 fully saturated rings. The highest BCUT2D eigenvalue weighted by Crippen LogP contribution is 2.32. The Labute approximate surface area is 120 Å². The molecule has 1 aliphatic heterocycles. The lowest BCUT2D eigenvalue weighted by molar-refractivity contribution is -0.0114. The van der Waals surface area contributed by atoms with Crippen molar-refractivity contribution in [1.29, 1.82) is 0 Å². The van der Waals surface area contributed by atoms with Crippen molar-refractivity contribution in [2.24, 2.45) is 7.05 Å². The predicted molar refractivity (Wildman–Crippen MR) is 77.7 cm³/mol. The van der Waals surface area contributed by atoms with Crippen LogP contribution in [0.3, 0.4) is 0 Å². The van der Waals surface area contributed by atoms with Crippen LogP contribution in [0.5, 0.6) is 0 Å². The number of nitrogens with zero attached hydrogens (tertiary/aromatic N) is 2. The molecule has 0 amide bonds. The summed E-state index contributed by atoms with van der Waals surface area (Å²) in [5.41, 5.74) is 1.88. The largest absolute Gasteiger partial charge is 0.374 e. The lowest BCUT2D eigenvalue weighted by Gasteiger charge is -2.34. The Hall–Kier alpha value is -0.580. The Morgan fingerprint density at radius 2 is 2.32 bits per heavy atom. The van der Waals surface area contributed by atoms with Crippen molar-refractivity contribution >= 4 is 11.6 Å². The first-order valence-corrected chi connectivity index (χ1v) is 7.41. The molecule has 2 atom stereocenters. The molecule has 0 bridgehead atoms. The average Bonchev–Trinajstić information content (AvgIpc) is 2.89. The predicted octanol–water partition coefficient (Wildman–Crippen LogP) is 2.47. The molecule has 4 nitrogen and oxygen atoms in total. The van der Waals surface area contributed by atoms with Crippen molar-refractivity contribution in [3.63, 3.8) is 0 Å². The average molecular weight is 286 g/mol. The van der Waals surface area contributed by atoms with Gasteiger partial charge < -0.3 is 10.1 Å². The van der Waals surface area contributed by atoms with Crippen molar-refractivity contribution in [2.45, 2.75) is 51.7 Å². The van der Waals surface area contributed by atoms with Crippen LogP contribution in [-0.2, 0) is 18.2 Å². The molecule has 2 rings (SSSR count). The summed E-state index contributed by atoms with van der Waals surface area (Å²) in [6.45, 7) is 8.06. The van der Waals surface area contributed by atoms with Crippen molar-refractivity contribution < 1.29 is 4.74 Å². The molecule has 108 valence electrons. The first-order valence-electron chi connectivity index (χ1n) is 7.03. The van der Waals surface area contributed by atoms with Crippen LogP contribution >= 0.6 is 11.6 Å². The fourth-order valence-corrected chi connectivity index (χ4v) is 3.16. The summed E-state index contributed by atoms with van der Waals surface area (Å²) in [5, 5.41) is 8.73. The van der Waals surface area contributed by atoms with Crippen molar-refractivity contribution in [2.75, 3.05) is 13.2 Å². The summed E-state index contributed by atoms with van der Waals surface area (Å²) in [5.74, 6) is 0. The number of aromatic nitrogens is 2. The molecule has 0 saturated carbocycles. The fourth-order valence-electron chi connectivity index (χ4n) is 2.92. The van der Waals surface area contributed by atoms with Gasteiger partial charge in [-0.2, -0.15) is 5.10 Å². The van der Waals surface area contributed by atoms with Crippen LogP contribution in [-0.4, -0.2) is 34.6 Å². The lowest BCUT2D eigenvalue weighted by atomic mass is 9.89. The van der Waals surface area contributed by atoms with Gasteiger partial charge in [-0.05, 0) is 33.2 Å². The van der Waals surface area contributed by atoms with E-state index in [1.165, 1.54) is 0 Å². The van der Waals surface area contributed by atoms with E-state index in [9.17, 15) is 0 Å². The van der Waals surface area contributed by atoms with Crippen LogP contribution < -0.4 is 5.32 Å². The van der Waals surface area contributed by atoms with Gasteiger partial charge in [-0.25, -0.2) is 0 Å². The normalized spacial score (nSPS) is 24.9. The molecule has 1 saturated heterocycles. The summed E-state index contributed by atoms with van der Waals surface area (Å²) < 4.78 is 7.87. The zero-order valence-corrected chi connectivity index (χ0v) is 13.0. The number of aryl methyl sites for hydroxylation is 2. The van der Waals surface area contributed by atoms with Crippen LogP contribution in [0.4, 0.5) is 0 Å². The molecule has 0 radical (unpaired) electrons. The van der Waals surface area contributed by atoms with Gasteiger partial charge in [-0.15, -0.1) is 0 Å². The first-order chi connectivity index (χ1) is 8.98. The highest BCUT2D eigenvalue weighted by Gasteiger charge is 2.38. The molecule has 0 spiro atoms. The van der Waals surface area contributed by atoms with Gasteiger partial charge in [-0.1, -0.05) is 18.5 Å². The number of rotatable bonds is 5. The number of hydrogen-bond acceptors (Lipinski definition) is 3. The Kier molecular flexibility index (Phi) is 4.54. The van der Waals surface area contributed by atoms with Gasteiger partial charge in [-0.3, -0.25) is 4.68 Å². The zero-order valence-electron chi connectivity index (χ0n) is 12.3. The van der Waals surface area contributed by atoms with E-state index < -0.39 is 0 Å². The number of hydrogen-bond donors (Lipinski definition) is 1. The molecule has 1 aromatic heterocycles. The van der Waals surface area contributed by atoms with E-state index in [0.29, 0.717) is 0 Å². The van der Waals surface area contributed by atoms with Crippen LogP contribution in [0.2, 0.25) is 5.02 Å². The third-order valence-corrected chi connectivity index (χ3v) is 4.59. The van der Waals surface area contributed by atoms with Gasteiger partial charge in [0.2, 0.25) is 0 Å². The number of likely N-dealkylation sites (N-methyl/N-ethyl adjacent to an activating group) is 1. The van der Waals surface area contributed by atoms with E-state index in [4.69, 9.17) is 16.3 Å². The number of ether oxygens (including phenoxy) is 1. The molecule has 1 aromatic rings. The van der Waals surface area contributed by atoms with Crippen LogP contribution in [0.25, 0.3) is 0 Å². The van der Waals surface area contributed by atoms with E-state index in [0.717, 1.165) is 48.8 Å². The first kappa shape index (κ1) is 14.8. The summed E-state index contributed by atoms with van der Waals surface area (Å²) in [7, 11) is 1.95. The molecule has 2 unspecified atom stereocenters. The van der Waals surface area contributed by atoms with Gasteiger partial charge in [0.15, 0.2) is 0 Å². The number of halogens is 1. The van der Waals surface area contributed by atoms with Gasteiger partial charge in [0.25, 0.3) is 0 Å². The highest BCUT2D eigenvalue weighted by atomic mass is 35.5. The van der Waals surface area contributed by atoms with E-state index in [2.05, 4.69) is 24.3 Å². The molecular formula is C14H24ClN3O. The minimum atomic E-state index is -0.0997. The van der Waals surface area contributed by atoms with Gasteiger partial charge in [0.05, 0.1) is 22.0 Å². The minimum Gasteiger partial charge on any atom is -0.374 e. The number of nitrogens with one attached hydrogen (secondary N) is 1. The smallest absolute Gasteiger partial charge is 0.0847 e. The summed E-state index contributed by atoms with van der Waals surface area (Å²) >= 11 is 6.36. The molecule has 19 heavy (non-hydrogen) atoms. The monoisotopic (exact) mass is 285 g/mol. The van der Waals surface area contributed by atoms with Crippen LogP contribution in [0.15, 0.2) is 0 Å². The summed E-state index contributed by atoms with van der Waals surface area (Å²) in [6, 6.07) is 0.271. The molecular weight excluding hydrogens is 262 g/mol. The second-order valence-corrected chi connectivity index (χ2v) is 5.93. The van der Waals surface area contributed by atoms with Crippen molar-refractivity contribution in [3.05, 3.63) is 16.4 Å². The van der Waals surface area contributed by atoms with Gasteiger partial charge >= 0.3 is 0 Å². The molecule has 0 aromatic carbocycles. The van der Waals surface area contributed by atoms with Crippen LogP contribution in [0, 0.1) is 6.92 Å². The van der Waals surface area contributed by atoms with Crippen molar-refractivity contribution in [3.8, 4) is 0 Å². The SMILES string of the molecule is CCNC(Cc1c(Cl)c(C)nn1C)C1(C)CCCO1. The Morgan fingerprint density at radius 1 is 1.58 bits per heavy atom. The van der Waals surface area contributed by atoms with E-state index in [1.807, 2.05) is 18.7 Å². The fraction of sp³-hybridized carbons (Fsp3) is 0.786. The zero-order chi connectivity index (χ0) is 14.0. The topological polar surface area (TPSA) is 39.1 Å². The minimum absolute atomic E-state index is 0.0997. The summed E-state index contributed by atoms with van der Waals surface area (Å²) in [4.78, 5) is 0. The standard InChI is InChI=1S/C14H24ClN3O/c1-5-16-12(14(3)7-6-8-19-14)9-11-13(15)10(2)17-18(11)4/h12,16H,5-9H2,1-4H3. The van der Waals surface area contributed by atoms with Crippen molar-refractivity contribution in [1.82, 2.24) is 15.1 Å². The Balaban J connectivity index is 2.21. The van der Waals surface area contributed by atoms with E-state index >= 15 is 0 Å². The van der Waals surface area contributed by atoms with Crippen LogP contribution in [0.1, 0.15) is 38.1 Å². The Bertz CT molecular complexity index is 438. The molecule has 5 heteroatoms. The van der Waals surface area contributed by atoms with Gasteiger partial charge in [0, 0.05) is 26.1 Å². The third-order valence-electron chi connectivity index (χ3n) is 4.10. The van der Waals surface area contributed by atoms with Gasteiger partial charge in [0.1, 0.15) is 0 Å². The molecule has 1 N–H and O–H groups in total. The third kappa shape index (κ3) is 2.96. The molecule has 1 aliphatic rings. The maximum atomic E-state index is 6.36. The molecule has 0 aliphatic carbocycles. The molecule has 2 heterocycles. The maximum absolute atomic E-state index is 6.36. The second kappa shape index (κ2) is 5.81. The quantitative estimate of drug-likeness (QED) is 0.903. The highest BCUT2D eigenvalue weighted by molar-refractivity contribution is 6.31. The maximum Gasteiger partial charge on any atom is 0.0847 e. The Morgan fingerprint density at radius 3 is 2.79 bits per heavy atom. The van der Waals surface area contributed by atoms with E-state index in [1.54, 1.807) is 0 Å². The summed E-state index contributed by atoms with van der Waals surface area (Å²) in [6.07, 6.45) is 3.08.